The Morgan fingerprint density at radius 2 is 1.78 bits per heavy atom. The Labute approximate surface area is 107 Å². The summed E-state index contributed by atoms with van der Waals surface area (Å²) in [4.78, 5) is 12.2. The van der Waals surface area contributed by atoms with Crippen molar-refractivity contribution in [1.82, 2.24) is 0 Å². The molecule has 18 heavy (non-hydrogen) atoms. The number of phenolic OH excluding ortho intramolecular Hbond substituents is 1. The molecule has 0 saturated carbocycles. The molecule has 0 fully saturated rings. The lowest BCUT2D eigenvalue weighted by molar-refractivity contribution is 0.0990. The van der Waals surface area contributed by atoms with Crippen LogP contribution in [0.25, 0.3) is 0 Å². The Morgan fingerprint density at radius 1 is 1.11 bits per heavy atom. The van der Waals surface area contributed by atoms with E-state index in [2.05, 4.69) is 0 Å². The number of phenols is 1. The van der Waals surface area contributed by atoms with Crippen LogP contribution in [0.3, 0.4) is 0 Å². The molecule has 92 valence electrons. The second kappa shape index (κ2) is 5.05. The van der Waals surface area contributed by atoms with E-state index in [1.165, 1.54) is 0 Å². The molecule has 2 nitrogen and oxygen atoms in total. The van der Waals surface area contributed by atoms with Crippen LogP contribution in [0.5, 0.6) is 5.75 Å². The minimum Gasteiger partial charge on any atom is -0.507 e. The van der Waals surface area contributed by atoms with Gasteiger partial charge in [0.25, 0.3) is 0 Å². The molecule has 0 aliphatic carbocycles. The Hall–Kier alpha value is -2.09. The normalized spacial score (nSPS) is 10.3. The van der Waals surface area contributed by atoms with Gasteiger partial charge in [-0.1, -0.05) is 36.4 Å². The molecule has 2 aromatic rings. The number of Topliss-reactive ketones (excluding diaryl/α,β-unsaturated/α-hetero) is 1. The van der Waals surface area contributed by atoms with Gasteiger partial charge in [-0.2, -0.15) is 0 Å². The van der Waals surface area contributed by atoms with Gasteiger partial charge in [-0.05, 0) is 36.6 Å². The van der Waals surface area contributed by atoms with Gasteiger partial charge in [-0.15, -0.1) is 0 Å². The van der Waals surface area contributed by atoms with Gasteiger partial charge in [0.1, 0.15) is 5.75 Å². The largest absolute Gasteiger partial charge is 0.507 e. The van der Waals surface area contributed by atoms with Gasteiger partial charge in [0.15, 0.2) is 5.78 Å². The van der Waals surface area contributed by atoms with Crippen molar-refractivity contribution in [1.29, 1.82) is 0 Å². The van der Waals surface area contributed by atoms with E-state index < -0.39 is 0 Å². The standard InChI is InChI=1S/C16H16O2/c1-11-8-12(2)16(18)14(9-11)15(17)10-13-6-4-3-5-7-13/h3-9,18H,10H2,1-2H3. The predicted molar refractivity (Wildman–Crippen MR) is 72.1 cm³/mol. The molecule has 2 rings (SSSR count). The zero-order chi connectivity index (χ0) is 13.1. The van der Waals surface area contributed by atoms with Crippen molar-refractivity contribution in [3.8, 4) is 5.75 Å². The van der Waals surface area contributed by atoms with E-state index in [1.54, 1.807) is 6.07 Å². The number of aromatic hydroxyl groups is 1. The summed E-state index contributed by atoms with van der Waals surface area (Å²) in [5.74, 6) is 0.0482. The lowest BCUT2D eigenvalue weighted by Crippen LogP contribution is -2.05. The first kappa shape index (κ1) is 12.4. The van der Waals surface area contributed by atoms with E-state index in [4.69, 9.17) is 0 Å². The maximum atomic E-state index is 12.2. The summed E-state index contributed by atoms with van der Waals surface area (Å²) in [7, 11) is 0. The number of rotatable bonds is 3. The Kier molecular flexibility index (Phi) is 3.47. The van der Waals surface area contributed by atoms with Crippen LogP contribution in [0.15, 0.2) is 42.5 Å². The summed E-state index contributed by atoms with van der Waals surface area (Å²) < 4.78 is 0. The monoisotopic (exact) mass is 240 g/mol. The number of ketones is 1. The van der Waals surface area contributed by atoms with Crippen LogP contribution in [-0.2, 0) is 6.42 Å². The van der Waals surface area contributed by atoms with Crippen molar-refractivity contribution in [3.05, 3.63) is 64.7 Å². The second-order valence-electron chi connectivity index (χ2n) is 4.56. The summed E-state index contributed by atoms with van der Waals surface area (Å²) in [6, 6.07) is 13.2. The van der Waals surface area contributed by atoms with Crippen LogP contribution in [0.1, 0.15) is 27.0 Å². The van der Waals surface area contributed by atoms with Crippen molar-refractivity contribution in [3.63, 3.8) is 0 Å². The van der Waals surface area contributed by atoms with E-state index in [-0.39, 0.29) is 11.5 Å². The fourth-order valence-electron chi connectivity index (χ4n) is 2.05. The third-order valence-electron chi connectivity index (χ3n) is 2.95. The second-order valence-corrected chi connectivity index (χ2v) is 4.56. The average Bonchev–Trinajstić information content (AvgIpc) is 2.35. The summed E-state index contributed by atoms with van der Waals surface area (Å²) in [5, 5.41) is 9.95. The first-order valence-corrected chi connectivity index (χ1v) is 5.95. The maximum absolute atomic E-state index is 12.2. The van der Waals surface area contributed by atoms with E-state index in [9.17, 15) is 9.90 Å². The number of carbonyl (C=O) groups is 1. The van der Waals surface area contributed by atoms with E-state index in [0.717, 1.165) is 16.7 Å². The van der Waals surface area contributed by atoms with Gasteiger partial charge < -0.3 is 5.11 Å². The quantitative estimate of drug-likeness (QED) is 0.834. The van der Waals surface area contributed by atoms with Crippen molar-refractivity contribution < 1.29 is 9.90 Å². The van der Waals surface area contributed by atoms with E-state index in [0.29, 0.717) is 12.0 Å². The molecule has 0 unspecified atom stereocenters. The lowest BCUT2D eigenvalue weighted by atomic mass is 9.98. The third-order valence-corrected chi connectivity index (χ3v) is 2.95. The lowest BCUT2D eigenvalue weighted by Gasteiger charge is -2.08. The van der Waals surface area contributed by atoms with Gasteiger partial charge in [0.05, 0.1) is 5.56 Å². The van der Waals surface area contributed by atoms with E-state index >= 15 is 0 Å². The highest BCUT2D eigenvalue weighted by Gasteiger charge is 2.14. The van der Waals surface area contributed by atoms with Crippen LogP contribution in [0, 0.1) is 13.8 Å². The molecular formula is C16H16O2. The molecule has 0 heterocycles. The summed E-state index contributed by atoms with van der Waals surface area (Å²) in [6.45, 7) is 3.73. The van der Waals surface area contributed by atoms with Crippen LogP contribution in [0.4, 0.5) is 0 Å². The third kappa shape index (κ3) is 2.59. The highest BCUT2D eigenvalue weighted by Crippen LogP contribution is 2.25. The minimum absolute atomic E-state index is 0.0505. The van der Waals surface area contributed by atoms with Crippen molar-refractivity contribution >= 4 is 5.78 Å². The van der Waals surface area contributed by atoms with Gasteiger partial charge in [-0.3, -0.25) is 4.79 Å². The highest BCUT2D eigenvalue weighted by atomic mass is 16.3. The molecule has 0 aliphatic heterocycles. The Balaban J connectivity index is 2.30. The first-order valence-electron chi connectivity index (χ1n) is 5.95. The zero-order valence-electron chi connectivity index (χ0n) is 10.6. The number of benzene rings is 2. The Bertz CT molecular complexity index is 571. The van der Waals surface area contributed by atoms with Crippen molar-refractivity contribution in [2.24, 2.45) is 0 Å². The molecule has 0 radical (unpaired) electrons. The molecule has 2 aromatic carbocycles. The highest BCUT2D eigenvalue weighted by molar-refractivity contribution is 6.00. The smallest absolute Gasteiger partial charge is 0.170 e. The SMILES string of the molecule is Cc1cc(C)c(O)c(C(=O)Cc2ccccc2)c1. The molecule has 0 atom stereocenters. The molecule has 0 aliphatic rings. The predicted octanol–water partition coefficient (Wildman–Crippen LogP) is 3.43. The van der Waals surface area contributed by atoms with Gasteiger partial charge >= 0.3 is 0 Å². The van der Waals surface area contributed by atoms with Crippen molar-refractivity contribution in [2.75, 3.05) is 0 Å². The Morgan fingerprint density at radius 3 is 2.44 bits per heavy atom. The van der Waals surface area contributed by atoms with Crippen LogP contribution >= 0.6 is 0 Å². The summed E-state index contributed by atoms with van der Waals surface area (Å²) >= 11 is 0. The zero-order valence-corrected chi connectivity index (χ0v) is 10.6. The molecule has 0 bridgehead atoms. The number of hydrogen-bond donors (Lipinski definition) is 1. The first-order chi connectivity index (χ1) is 8.58. The van der Waals surface area contributed by atoms with Gasteiger partial charge in [-0.25, -0.2) is 0 Å². The molecule has 0 spiro atoms. The van der Waals surface area contributed by atoms with Gasteiger partial charge in [0, 0.05) is 6.42 Å². The molecule has 0 saturated heterocycles. The van der Waals surface area contributed by atoms with Crippen LogP contribution in [-0.4, -0.2) is 10.9 Å². The summed E-state index contributed by atoms with van der Waals surface area (Å²) in [6.07, 6.45) is 0.317. The number of hydrogen-bond acceptors (Lipinski definition) is 2. The summed E-state index contributed by atoms with van der Waals surface area (Å²) in [5.41, 5.74) is 3.10. The number of aryl methyl sites for hydroxylation is 2. The number of carbonyl (C=O) groups excluding carboxylic acids is 1. The van der Waals surface area contributed by atoms with Crippen molar-refractivity contribution in [2.45, 2.75) is 20.3 Å². The molecule has 0 aromatic heterocycles. The van der Waals surface area contributed by atoms with E-state index in [1.807, 2.05) is 50.2 Å². The molecule has 2 heteroatoms. The van der Waals surface area contributed by atoms with Gasteiger partial charge in [0.2, 0.25) is 0 Å². The molecular weight excluding hydrogens is 224 g/mol. The minimum atomic E-state index is -0.0505. The maximum Gasteiger partial charge on any atom is 0.170 e. The fourth-order valence-corrected chi connectivity index (χ4v) is 2.05. The van der Waals surface area contributed by atoms with Crippen LogP contribution in [0.2, 0.25) is 0 Å². The fraction of sp³-hybridized carbons (Fsp3) is 0.188. The van der Waals surface area contributed by atoms with Crippen LogP contribution < -0.4 is 0 Å². The molecule has 1 N–H and O–H groups in total. The molecule has 0 amide bonds. The average molecular weight is 240 g/mol. The topological polar surface area (TPSA) is 37.3 Å².